The van der Waals surface area contributed by atoms with E-state index in [1.807, 2.05) is 19.1 Å². The molecule has 0 aliphatic carbocycles. The maximum Gasteiger partial charge on any atom is 0.231 e. The van der Waals surface area contributed by atoms with Gasteiger partial charge in [0.05, 0.1) is 5.92 Å². The molecule has 1 aromatic carbocycles. The molecule has 7 heteroatoms. The first-order valence-electron chi connectivity index (χ1n) is 7.27. The number of nitrogens with one attached hydrogen (secondary N) is 1. The molecule has 0 radical (unpaired) electrons. The number of halogens is 1. The van der Waals surface area contributed by atoms with Gasteiger partial charge in [-0.15, -0.1) is 11.3 Å². The Morgan fingerprint density at radius 2 is 2.17 bits per heavy atom. The fraction of sp³-hybridized carbons (Fsp3) is 0.312. The van der Waals surface area contributed by atoms with Crippen LogP contribution in [0.4, 0.5) is 5.13 Å². The van der Waals surface area contributed by atoms with Crippen LogP contribution in [0.1, 0.15) is 16.9 Å². The van der Waals surface area contributed by atoms with E-state index in [9.17, 15) is 9.59 Å². The van der Waals surface area contributed by atoms with Crippen molar-refractivity contribution in [3.05, 3.63) is 45.9 Å². The number of likely N-dealkylation sites (tertiary alicyclic amines) is 1. The summed E-state index contributed by atoms with van der Waals surface area (Å²) in [6.45, 7) is 2.86. The molecule has 0 spiro atoms. The van der Waals surface area contributed by atoms with E-state index in [0.717, 1.165) is 10.4 Å². The molecule has 1 aliphatic heterocycles. The highest BCUT2D eigenvalue weighted by Gasteiger charge is 2.34. The molecule has 1 aromatic heterocycles. The summed E-state index contributed by atoms with van der Waals surface area (Å²) in [6, 6.07) is 7.38. The third-order valence-electron chi connectivity index (χ3n) is 3.72. The molecule has 2 heterocycles. The predicted molar refractivity (Wildman–Crippen MR) is 90.5 cm³/mol. The van der Waals surface area contributed by atoms with Gasteiger partial charge in [0.15, 0.2) is 5.13 Å². The Hall–Kier alpha value is -1.92. The number of hydrogen-bond acceptors (Lipinski definition) is 4. The van der Waals surface area contributed by atoms with Gasteiger partial charge in [0.1, 0.15) is 0 Å². The number of aromatic nitrogens is 1. The van der Waals surface area contributed by atoms with Crippen LogP contribution in [0, 0.1) is 12.8 Å². The molecule has 1 N–H and O–H groups in total. The standard InChI is InChI=1S/C16H16ClN3O2S/c1-10-7-18-16(23-10)19-15(22)12-6-14(21)20(9-12)8-11-2-4-13(17)5-3-11/h2-5,7,12H,6,8-9H2,1H3,(H,18,19,22). The second-order valence-electron chi connectivity index (χ2n) is 5.57. The van der Waals surface area contributed by atoms with E-state index in [4.69, 9.17) is 11.6 Å². The van der Waals surface area contributed by atoms with Gasteiger partial charge in [-0.05, 0) is 24.6 Å². The van der Waals surface area contributed by atoms with Crippen LogP contribution < -0.4 is 5.32 Å². The highest BCUT2D eigenvalue weighted by Crippen LogP contribution is 2.24. The third-order valence-corrected chi connectivity index (χ3v) is 4.80. The topological polar surface area (TPSA) is 62.3 Å². The van der Waals surface area contributed by atoms with Gasteiger partial charge in [-0.2, -0.15) is 0 Å². The van der Waals surface area contributed by atoms with Crippen molar-refractivity contribution in [3.8, 4) is 0 Å². The molecule has 3 rings (SSSR count). The van der Waals surface area contributed by atoms with Gasteiger partial charge in [0.2, 0.25) is 11.8 Å². The van der Waals surface area contributed by atoms with Crippen LogP contribution in [0.5, 0.6) is 0 Å². The summed E-state index contributed by atoms with van der Waals surface area (Å²) < 4.78 is 0. The number of rotatable bonds is 4. The van der Waals surface area contributed by atoms with Gasteiger partial charge < -0.3 is 10.2 Å². The van der Waals surface area contributed by atoms with Crippen LogP contribution in [0.3, 0.4) is 0 Å². The van der Waals surface area contributed by atoms with Gasteiger partial charge in [-0.1, -0.05) is 23.7 Å². The first-order chi connectivity index (χ1) is 11.0. The van der Waals surface area contributed by atoms with Crippen LogP contribution >= 0.6 is 22.9 Å². The van der Waals surface area contributed by atoms with Gasteiger partial charge in [-0.3, -0.25) is 9.59 Å². The van der Waals surface area contributed by atoms with Gasteiger partial charge in [0, 0.05) is 35.6 Å². The number of amides is 2. The molecule has 1 aliphatic rings. The van der Waals surface area contributed by atoms with Crippen molar-refractivity contribution < 1.29 is 9.59 Å². The quantitative estimate of drug-likeness (QED) is 0.922. The minimum absolute atomic E-state index is 0.00424. The number of aryl methyl sites for hydroxylation is 1. The van der Waals surface area contributed by atoms with E-state index in [1.54, 1.807) is 23.2 Å². The van der Waals surface area contributed by atoms with Crippen LogP contribution in [-0.4, -0.2) is 28.2 Å². The van der Waals surface area contributed by atoms with Gasteiger partial charge in [0.25, 0.3) is 0 Å². The third kappa shape index (κ3) is 3.89. The first-order valence-corrected chi connectivity index (χ1v) is 8.46. The van der Waals surface area contributed by atoms with Gasteiger partial charge >= 0.3 is 0 Å². The molecular formula is C16H16ClN3O2S. The Bertz CT molecular complexity index is 729. The number of carbonyl (C=O) groups excluding carboxylic acids is 2. The number of thiazole rings is 1. The molecule has 1 saturated heterocycles. The zero-order chi connectivity index (χ0) is 16.4. The predicted octanol–water partition coefficient (Wildman–Crippen LogP) is 3.09. The van der Waals surface area contributed by atoms with Crippen molar-refractivity contribution in [1.82, 2.24) is 9.88 Å². The Morgan fingerprint density at radius 1 is 1.43 bits per heavy atom. The molecular weight excluding hydrogens is 334 g/mol. The molecule has 5 nitrogen and oxygen atoms in total. The van der Waals surface area contributed by atoms with Crippen molar-refractivity contribution in [2.75, 3.05) is 11.9 Å². The normalized spacial score (nSPS) is 17.6. The smallest absolute Gasteiger partial charge is 0.231 e. The summed E-state index contributed by atoms with van der Waals surface area (Å²) in [5.41, 5.74) is 0.999. The highest BCUT2D eigenvalue weighted by atomic mass is 35.5. The average Bonchev–Trinajstić information content (AvgIpc) is 3.08. The van der Waals surface area contributed by atoms with E-state index in [-0.39, 0.29) is 24.2 Å². The molecule has 2 aromatic rings. The average molecular weight is 350 g/mol. The second kappa shape index (κ2) is 6.68. The summed E-state index contributed by atoms with van der Waals surface area (Å²) in [6.07, 6.45) is 1.96. The fourth-order valence-electron chi connectivity index (χ4n) is 2.53. The number of hydrogen-bond donors (Lipinski definition) is 1. The van der Waals surface area contributed by atoms with E-state index < -0.39 is 0 Å². The van der Waals surface area contributed by atoms with Crippen molar-refractivity contribution >= 4 is 39.9 Å². The second-order valence-corrected chi connectivity index (χ2v) is 7.24. The number of nitrogens with zero attached hydrogens (tertiary/aromatic N) is 2. The SMILES string of the molecule is Cc1cnc(NC(=O)C2CC(=O)N(Cc3ccc(Cl)cc3)C2)s1. The largest absolute Gasteiger partial charge is 0.338 e. The summed E-state index contributed by atoms with van der Waals surface area (Å²) >= 11 is 7.29. The molecule has 1 unspecified atom stereocenters. The zero-order valence-corrected chi connectivity index (χ0v) is 14.2. The Labute approximate surface area is 143 Å². The number of anilines is 1. The van der Waals surface area contributed by atoms with Crippen molar-refractivity contribution in [3.63, 3.8) is 0 Å². The maximum absolute atomic E-state index is 12.3. The zero-order valence-electron chi connectivity index (χ0n) is 12.6. The van der Waals surface area contributed by atoms with Crippen molar-refractivity contribution in [2.45, 2.75) is 19.9 Å². The minimum Gasteiger partial charge on any atom is -0.338 e. The summed E-state index contributed by atoms with van der Waals surface area (Å²) in [5, 5.41) is 4.03. The molecule has 0 bridgehead atoms. The van der Waals surface area contributed by atoms with E-state index in [1.165, 1.54) is 11.3 Å². The van der Waals surface area contributed by atoms with Crippen LogP contribution in [0.25, 0.3) is 0 Å². The number of carbonyl (C=O) groups is 2. The lowest BCUT2D eigenvalue weighted by molar-refractivity contribution is -0.128. The maximum atomic E-state index is 12.3. The van der Waals surface area contributed by atoms with Crippen molar-refractivity contribution in [1.29, 1.82) is 0 Å². The molecule has 1 fully saturated rings. The van der Waals surface area contributed by atoms with E-state index in [0.29, 0.717) is 23.2 Å². The molecule has 0 saturated carbocycles. The molecule has 2 amide bonds. The fourth-order valence-corrected chi connectivity index (χ4v) is 3.32. The van der Waals surface area contributed by atoms with Gasteiger partial charge in [-0.25, -0.2) is 4.98 Å². The van der Waals surface area contributed by atoms with Crippen LogP contribution in [0.2, 0.25) is 5.02 Å². The molecule has 120 valence electrons. The lowest BCUT2D eigenvalue weighted by Gasteiger charge is -2.16. The summed E-state index contributed by atoms with van der Waals surface area (Å²) in [7, 11) is 0. The molecule has 23 heavy (non-hydrogen) atoms. The van der Waals surface area contributed by atoms with E-state index in [2.05, 4.69) is 10.3 Å². The minimum atomic E-state index is -0.334. The summed E-state index contributed by atoms with van der Waals surface area (Å²) in [4.78, 5) is 31.3. The van der Waals surface area contributed by atoms with Crippen molar-refractivity contribution in [2.24, 2.45) is 5.92 Å². The Balaban J connectivity index is 1.60. The van der Waals surface area contributed by atoms with Crippen LogP contribution in [0.15, 0.2) is 30.5 Å². The number of benzene rings is 1. The Morgan fingerprint density at radius 3 is 2.83 bits per heavy atom. The summed E-state index contributed by atoms with van der Waals surface area (Å²) in [5.74, 6) is -0.485. The lowest BCUT2D eigenvalue weighted by atomic mass is 10.1. The highest BCUT2D eigenvalue weighted by molar-refractivity contribution is 7.15. The monoisotopic (exact) mass is 349 g/mol. The van der Waals surface area contributed by atoms with Crippen LogP contribution in [-0.2, 0) is 16.1 Å². The molecule has 1 atom stereocenters. The first kappa shape index (κ1) is 16.0. The Kier molecular flexibility index (Phi) is 4.63. The lowest BCUT2D eigenvalue weighted by Crippen LogP contribution is -2.28. The van der Waals surface area contributed by atoms with E-state index >= 15 is 0 Å².